The highest BCUT2D eigenvalue weighted by Gasteiger charge is 2.38. The van der Waals surface area contributed by atoms with Gasteiger partial charge in [0, 0.05) is 0 Å². The average Bonchev–Trinajstić information content (AvgIpc) is 2.96. The van der Waals surface area contributed by atoms with Crippen molar-refractivity contribution >= 4 is 0 Å². The summed E-state index contributed by atoms with van der Waals surface area (Å²) in [7, 11) is 0. The predicted molar refractivity (Wildman–Crippen MR) is 159 cm³/mol. The lowest BCUT2D eigenvalue weighted by atomic mass is 9.77. The molecule has 2 fully saturated rings. The van der Waals surface area contributed by atoms with Gasteiger partial charge in [0.1, 0.15) is 5.82 Å². The quantitative estimate of drug-likeness (QED) is 0.177. The molecule has 0 amide bonds. The fourth-order valence-corrected chi connectivity index (χ4v) is 7.02. The normalized spacial score (nSPS) is 24.5. The second-order valence-corrected chi connectivity index (χ2v) is 12.5. The lowest BCUT2D eigenvalue weighted by molar-refractivity contribution is -0.273. The Morgan fingerprint density at radius 1 is 0.850 bits per heavy atom. The average molecular weight is 555 g/mol. The van der Waals surface area contributed by atoms with E-state index in [4.69, 9.17) is 4.74 Å². The highest BCUT2D eigenvalue weighted by molar-refractivity contribution is 5.30. The Balaban J connectivity index is 1.31. The number of benzene rings is 2. The lowest BCUT2D eigenvalue weighted by Gasteiger charge is -2.29. The molecule has 0 aromatic heterocycles. The van der Waals surface area contributed by atoms with E-state index in [-0.39, 0.29) is 5.92 Å². The van der Waals surface area contributed by atoms with Crippen LogP contribution >= 0.6 is 0 Å². The number of unbranched alkanes of at least 4 members (excludes halogenated alkanes) is 2. The molecule has 40 heavy (non-hydrogen) atoms. The van der Waals surface area contributed by atoms with Crippen LogP contribution in [0.3, 0.4) is 0 Å². The molecule has 4 heteroatoms. The summed E-state index contributed by atoms with van der Waals surface area (Å²) in [5.41, 5.74) is 2.10. The molecule has 0 heterocycles. The molecule has 2 aliphatic carbocycles. The third-order valence-corrected chi connectivity index (χ3v) is 9.67. The highest BCUT2D eigenvalue weighted by atomic mass is 19.3. The Morgan fingerprint density at radius 2 is 1.43 bits per heavy atom. The third kappa shape index (κ3) is 8.24. The molecule has 2 saturated carbocycles. The van der Waals surface area contributed by atoms with E-state index in [1.54, 1.807) is 13.0 Å². The minimum atomic E-state index is -3.71. The Kier molecular flexibility index (Phi) is 11.4. The van der Waals surface area contributed by atoms with Crippen molar-refractivity contribution in [1.29, 1.82) is 0 Å². The number of allylic oxidation sites excluding steroid dienone is 1. The van der Waals surface area contributed by atoms with Crippen molar-refractivity contribution in [3.63, 3.8) is 0 Å². The summed E-state index contributed by atoms with van der Waals surface area (Å²) in [6.45, 7) is 7.66. The fraction of sp³-hybridized carbons (Fsp3) is 0.611. The van der Waals surface area contributed by atoms with E-state index in [1.165, 1.54) is 69.1 Å². The van der Waals surface area contributed by atoms with Crippen LogP contribution in [0.4, 0.5) is 13.2 Å². The standard InChI is InChI=1S/C36H49F3O/c1-4-6-8-10-28-11-15-30(16-12-28)31-21-19-29(20-22-31)26(3)40-36(38,39)34-24-23-33(25-35(34)37)32-17-13-27(14-18-32)9-7-5-2/h5,19-28,30,32H,2,4,6-18H2,1,3H3. The van der Waals surface area contributed by atoms with Gasteiger partial charge in [-0.15, -0.1) is 6.58 Å². The maximum absolute atomic E-state index is 15.1. The van der Waals surface area contributed by atoms with Crippen molar-refractivity contribution in [3.8, 4) is 0 Å². The van der Waals surface area contributed by atoms with Crippen molar-refractivity contribution in [2.24, 2.45) is 11.8 Å². The van der Waals surface area contributed by atoms with Crippen LogP contribution in [0, 0.1) is 17.7 Å². The van der Waals surface area contributed by atoms with E-state index in [0.29, 0.717) is 17.4 Å². The van der Waals surface area contributed by atoms with Gasteiger partial charge < -0.3 is 4.74 Å². The Bertz CT molecular complexity index is 1050. The Hall–Kier alpha value is -2.07. The highest BCUT2D eigenvalue weighted by Crippen LogP contribution is 2.42. The van der Waals surface area contributed by atoms with Gasteiger partial charge in [-0.05, 0) is 124 Å². The number of hydrogen-bond donors (Lipinski definition) is 0. The van der Waals surface area contributed by atoms with E-state index >= 15 is 8.78 Å². The van der Waals surface area contributed by atoms with E-state index < -0.39 is 23.6 Å². The van der Waals surface area contributed by atoms with Gasteiger partial charge >= 0.3 is 6.11 Å². The van der Waals surface area contributed by atoms with E-state index in [1.807, 2.05) is 18.2 Å². The first-order chi connectivity index (χ1) is 19.3. The molecule has 220 valence electrons. The zero-order valence-corrected chi connectivity index (χ0v) is 24.7. The molecule has 0 aliphatic heterocycles. The minimum Gasteiger partial charge on any atom is -0.309 e. The molecule has 0 N–H and O–H groups in total. The van der Waals surface area contributed by atoms with Gasteiger partial charge in [0.2, 0.25) is 0 Å². The molecule has 0 radical (unpaired) electrons. The summed E-state index contributed by atoms with van der Waals surface area (Å²) in [4.78, 5) is 0. The maximum Gasteiger partial charge on any atom is 0.386 e. The number of halogens is 3. The Morgan fingerprint density at radius 3 is 2.00 bits per heavy atom. The van der Waals surface area contributed by atoms with Crippen molar-refractivity contribution in [2.75, 3.05) is 0 Å². The SMILES string of the molecule is C=CCCC1CCC(c2ccc(C(F)(F)OC(C)c3ccc(C4CCC(CCCCC)CC4)cc3)c(F)c2)CC1. The largest absolute Gasteiger partial charge is 0.386 e. The van der Waals surface area contributed by atoms with E-state index in [9.17, 15) is 4.39 Å². The van der Waals surface area contributed by atoms with E-state index in [0.717, 1.165) is 50.0 Å². The van der Waals surface area contributed by atoms with Crippen molar-refractivity contribution in [3.05, 3.63) is 83.2 Å². The van der Waals surface area contributed by atoms with Crippen molar-refractivity contribution < 1.29 is 17.9 Å². The second kappa shape index (κ2) is 14.7. The minimum absolute atomic E-state index is 0.228. The molecule has 4 rings (SSSR count). The molecule has 0 spiro atoms. The van der Waals surface area contributed by atoms with Crippen LogP contribution in [0.2, 0.25) is 0 Å². The smallest absolute Gasteiger partial charge is 0.309 e. The number of rotatable bonds is 13. The topological polar surface area (TPSA) is 9.23 Å². The van der Waals surface area contributed by atoms with Crippen molar-refractivity contribution in [2.45, 2.75) is 128 Å². The van der Waals surface area contributed by atoms with Gasteiger partial charge in [0.05, 0.1) is 11.7 Å². The van der Waals surface area contributed by atoms with Crippen LogP contribution in [0.5, 0.6) is 0 Å². The molecular formula is C36H49F3O. The van der Waals surface area contributed by atoms with Crippen LogP contribution in [0.15, 0.2) is 55.1 Å². The first-order valence-corrected chi connectivity index (χ1v) is 15.9. The molecule has 2 aromatic rings. The molecule has 2 aliphatic rings. The zero-order chi connectivity index (χ0) is 28.5. The van der Waals surface area contributed by atoms with Crippen LogP contribution in [0.25, 0.3) is 0 Å². The van der Waals surface area contributed by atoms with Crippen molar-refractivity contribution in [1.82, 2.24) is 0 Å². The Labute approximate surface area is 240 Å². The summed E-state index contributed by atoms with van der Waals surface area (Å²) in [5.74, 6) is 1.43. The van der Waals surface area contributed by atoms with Gasteiger partial charge in [-0.25, -0.2) is 4.39 Å². The van der Waals surface area contributed by atoms with Crippen LogP contribution in [-0.4, -0.2) is 0 Å². The molecular weight excluding hydrogens is 505 g/mol. The molecule has 0 bridgehead atoms. The number of alkyl halides is 2. The third-order valence-electron chi connectivity index (χ3n) is 9.67. The van der Waals surface area contributed by atoms with Crippen LogP contribution < -0.4 is 0 Å². The number of ether oxygens (including phenoxy) is 1. The fourth-order valence-electron chi connectivity index (χ4n) is 7.02. The second-order valence-electron chi connectivity index (χ2n) is 12.5. The lowest BCUT2D eigenvalue weighted by Crippen LogP contribution is -2.22. The zero-order valence-electron chi connectivity index (χ0n) is 24.7. The molecule has 2 aromatic carbocycles. The molecule has 1 atom stereocenters. The van der Waals surface area contributed by atoms with E-state index in [2.05, 4.69) is 25.6 Å². The number of hydrogen-bond acceptors (Lipinski definition) is 1. The monoisotopic (exact) mass is 554 g/mol. The van der Waals surface area contributed by atoms with Crippen LogP contribution in [0.1, 0.15) is 144 Å². The summed E-state index contributed by atoms with van der Waals surface area (Å²) in [6.07, 6.45) is 14.0. The summed E-state index contributed by atoms with van der Waals surface area (Å²) < 4.78 is 50.5. The van der Waals surface area contributed by atoms with Crippen LogP contribution in [-0.2, 0) is 10.8 Å². The van der Waals surface area contributed by atoms with Gasteiger partial charge in [-0.3, -0.25) is 0 Å². The molecule has 1 unspecified atom stereocenters. The maximum atomic E-state index is 15.1. The summed E-state index contributed by atoms with van der Waals surface area (Å²) in [6, 6.07) is 12.1. The summed E-state index contributed by atoms with van der Waals surface area (Å²) in [5, 5.41) is 0. The van der Waals surface area contributed by atoms with Gasteiger partial charge in [-0.2, -0.15) is 8.78 Å². The molecule has 1 nitrogen and oxygen atoms in total. The molecule has 0 saturated heterocycles. The summed E-state index contributed by atoms with van der Waals surface area (Å²) >= 11 is 0. The first kappa shape index (κ1) is 30.9. The first-order valence-electron chi connectivity index (χ1n) is 15.9. The predicted octanol–water partition coefficient (Wildman–Crippen LogP) is 11.7. The van der Waals surface area contributed by atoms with Gasteiger partial charge in [0.15, 0.2) is 0 Å². The van der Waals surface area contributed by atoms with Gasteiger partial charge in [0.25, 0.3) is 0 Å². The van der Waals surface area contributed by atoms with Gasteiger partial charge in [-0.1, -0.05) is 69.0 Å².